The SMILES string of the molecule is CC.FCF.NCC1CCCc2c(-c3ccnc(CF)c3)cccc21. The molecule has 0 saturated heterocycles. The number of rotatable bonds is 3. The first-order valence-electron chi connectivity index (χ1n) is 8.70. The first kappa shape index (κ1) is 21.2. The van der Waals surface area contributed by atoms with E-state index in [1.807, 2.05) is 26.0 Å². The summed E-state index contributed by atoms with van der Waals surface area (Å²) in [6.45, 7) is 2.43. The summed E-state index contributed by atoms with van der Waals surface area (Å²) in [4.78, 5) is 4.03. The molecule has 2 aromatic rings. The van der Waals surface area contributed by atoms with Gasteiger partial charge in [-0.1, -0.05) is 32.0 Å². The van der Waals surface area contributed by atoms with E-state index >= 15 is 0 Å². The van der Waals surface area contributed by atoms with Crippen molar-refractivity contribution in [3.8, 4) is 11.1 Å². The molecule has 0 radical (unpaired) electrons. The first-order valence-corrected chi connectivity index (χ1v) is 8.70. The van der Waals surface area contributed by atoms with Crippen molar-refractivity contribution in [2.24, 2.45) is 5.73 Å². The van der Waals surface area contributed by atoms with Crippen molar-refractivity contribution >= 4 is 0 Å². The van der Waals surface area contributed by atoms with Crippen LogP contribution in [0.3, 0.4) is 0 Å². The van der Waals surface area contributed by atoms with Crippen molar-refractivity contribution in [1.82, 2.24) is 4.98 Å². The zero-order valence-electron chi connectivity index (χ0n) is 14.9. The third-order valence-electron chi connectivity index (χ3n) is 4.18. The summed E-state index contributed by atoms with van der Waals surface area (Å²) in [6, 6.07) is 10.2. The quantitative estimate of drug-likeness (QED) is 0.791. The highest BCUT2D eigenvalue weighted by molar-refractivity contribution is 5.69. The molecular weight excluding hydrogens is 325 g/mol. The molecule has 138 valence electrons. The molecule has 0 spiro atoms. The van der Waals surface area contributed by atoms with E-state index in [0.29, 0.717) is 18.2 Å². The molecule has 0 aliphatic heterocycles. The van der Waals surface area contributed by atoms with E-state index in [9.17, 15) is 13.2 Å². The number of alkyl halides is 3. The van der Waals surface area contributed by atoms with Crippen molar-refractivity contribution in [2.75, 3.05) is 13.5 Å². The maximum Gasteiger partial charge on any atom is 0.229 e. The number of aromatic nitrogens is 1. The summed E-state index contributed by atoms with van der Waals surface area (Å²) < 4.78 is 32.0. The van der Waals surface area contributed by atoms with Gasteiger partial charge in [0.05, 0.1) is 5.69 Å². The molecule has 1 heterocycles. The van der Waals surface area contributed by atoms with Gasteiger partial charge in [-0.3, -0.25) is 4.98 Å². The second kappa shape index (κ2) is 11.6. The Kier molecular flexibility index (Phi) is 9.85. The molecule has 3 rings (SSSR count). The average Bonchev–Trinajstić information content (AvgIpc) is 2.69. The minimum Gasteiger partial charge on any atom is -0.330 e. The molecule has 1 aliphatic rings. The number of hydrogen-bond acceptors (Lipinski definition) is 2. The monoisotopic (exact) mass is 352 g/mol. The zero-order valence-corrected chi connectivity index (χ0v) is 14.9. The molecule has 0 saturated carbocycles. The van der Waals surface area contributed by atoms with Gasteiger partial charge in [-0.05, 0) is 66.1 Å². The van der Waals surface area contributed by atoms with Gasteiger partial charge in [0.2, 0.25) is 6.93 Å². The van der Waals surface area contributed by atoms with Crippen LogP contribution in [0, 0.1) is 0 Å². The summed E-state index contributed by atoms with van der Waals surface area (Å²) in [7, 11) is 0. The fraction of sp³-hybridized carbons (Fsp3) is 0.450. The molecular formula is C20H27F3N2. The van der Waals surface area contributed by atoms with E-state index in [1.165, 1.54) is 29.5 Å². The van der Waals surface area contributed by atoms with Gasteiger partial charge in [-0.2, -0.15) is 0 Å². The van der Waals surface area contributed by atoms with Gasteiger partial charge >= 0.3 is 0 Å². The Labute approximate surface area is 148 Å². The molecule has 1 aliphatic carbocycles. The van der Waals surface area contributed by atoms with Gasteiger partial charge in [0, 0.05) is 6.20 Å². The number of nitrogens with zero attached hydrogens (tertiary/aromatic N) is 1. The number of benzene rings is 1. The number of hydrogen-bond donors (Lipinski definition) is 1. The number of nitrogens with two attached hydrogens (primary N) is 1. The second-order valence-corrected chi connectivity index (χ2v) is 5.47. The molecule has 1 atom stereocenters. The Bertz CT molecular complexity index is 632. The predicted octanol–water partition coefficient (Wildman–Crippen LogP) is 5.51. The van der Waals surface area contributed by atoms with E-state index in [-0.39, 0.29) is 0 Å². The van der Waals surface area contributed by atoms with Gasteiger partial charge in [0.15, 0.2) is 0 Å². The maximum absolute atomic E-state index is 12.8. The van der Waals surface area contributed by atoms with Gasteiger partial charge in [0.1, 0.15) is 6.67 Å². The largest absolute Gasteiger partial charge is 0.330 e. The highest BCUT2D eigenvalue weighted by Crippen LogP contribution is 2.36. The predicted molar refractivity (Wildman–Crippen MR) is 97.6 cm³/mol. The van der Waals surface area contributed by atoms with Crippen LogP contribution in [0.4, 0.5) is 13.2 Å². The highest BCUT2D eigenvalue weighted by atomic mass is 19.3. The summed E-state index contributed by atoms with van der Waals surface area (Å²) in [5.74, 6) is 0.459. The summed E-state index contributed by atoms with van der Waals surface area (Å²) >= 11 is 0. The van der Waals surface area contributed by atoms with Crippen molar-refractivity contribution in [3.05, 3.63) is 53.3 Å². The molecule has 0 fully saturated rings. The lowest BCUT2D eigenvalue weighted by molar-refractivity contribution is 0.295. The van der Waals surface area contributed by atoms with E-state index < -0.39 is 13.6 Å². The smallest absolute Gasteiger partial charge is 0.229 e. The molecule has 2 N–H and O–H groups in total. The van der Waals surface area contributed by atoms with Crippen molar-refractivity contribution < 1.29 is 13.2 Å². The highest BCUT2D eigenvalue weighted by Gasteiger charge is 2.21. The maximum atomic E-state index is 12.8. The Morgan fingerprint density at radius 3 is 2.52 bits per heavy atom. The summed E-state index contributed by atoms with van der Waals surface area (Å²) in [5.41, 5.74) is 11.4. The van der Waals surface area contributed by atoms with Gasteiger partial charge in [-0.25, -0.2) is 13.2 Å². The van der Waals surface area contributed by atoms with Crippen molar-refractivity contribution in [3.63, 3.8) is 0 Å². The summed E-state index contributed by atoms with van der Waals surface area (Å²) in [6.07, 6.45) is 5.11. The van der Waals surface area contributed by atoms with Crippen LogP contribution in [0.1, 0.15) is 49.4 Å². The number of halogens is 3. The molecule has 0 bridgehead atoms. The first-order chi connectivity index (χ1) is 12.2. The second-order valence-electron chi connectivity index (χ2n) is 5.47. The van der Waals surface area contributed by atoms with Gasteiger partial charge in [-0.15, -0.1) is 0 Å². The van der Waals surface area contributed by atoms with Crippen LogP contribution in [0.5, 0.6) is 0 Å². The minimum absolute atomic E-state index is 0.459. The van der Waals surface area contributed by atoms with Crippen molar-refractivity contribution in [2.45, 2.75) is 45.7 Å². The fourth-order valence-corrected chi connectivity index (χ4v) is 3.18. The van der Waals surface area contributed by atoms with Crippen LogP contribution >= 0.6 is 0 Å². The minimum atomic E-state index is -1.75. The third kappa shape index (κ3) is 5.56. The van der Waals surface area contributed by atoms with Gasteiger partial charge in [0.25, 0.3) is 0 Å². The molecule has 1 unspecified atom stereocenters. The number of pyridine rings is 1. The van der Waals surface area contributed by atoms with E-state index in [0.717, 1.165) is 12.0 Å². The number of fused-ring (bicyclic) bond motifs is 1. The Balaban J connectivity index is 0.000000567. The molecule has 2 nitrogen and oxygen atoms in total. The summed E-state index contributed by atoms with van der Waals surface area (Å²) in [5, 5.41) is 0. The van der Waals surface area contributed by atoms with Crippen LogP contribution in [-0.4, -0.2) is 18.5 Å². The normalized spacial score (nSPS) is 15.2. The Hall–Kier alpha value is -1.88. The van der Waals surface area contributed by atoms with E-state index in [4.69, 9.17) is 5.73 Å². The Morgan fingerprint density at radius 2 is 1.88 bits per heavy atom. The molecule has 0 amide bonds. The molecule has 1 aromatic heterocycles. The molecule has 5 heteroatoms. The van der Waals surface area contributed by atoms with E-state index in [1.54, 1.807) is 6.20 Å². The van der Waals surface area contributed by atoms with Crippen LogP contribution in [-0.2, 0) is 13.1 Å². The molecule has 25 heavy (non-hydrogen) atoms. The van der Waals surface area contributed by atoms with Crippen LogP contribution in [0.2, 0.25) is 0 Å². The van der Waals surface area contributed by atoms with Crippen LogP contribution in [0.25, 0.3) is 11.1 Å². The lowest BCUT2D eigenvalue weighted by Crippen LogP contribution is -2.18. The molecule has 1 aromatic carbocycles. The van der Waals surface area contributed by atoms with Crippen LogP contribution in [0.15, 0.2) is 36.5 Å². The topological polar surface area (TPSA) is 38.9 Å². The zero-order chi connectivity index (χ0) is 18.7. The Morgan fingerprint density at radius 1 is 1.16 bits per heavy atom. The van der Waals surface area contributed by atoms with Gasteiger partial charge < -0.3 is 5.73 Å². The lowest BCUT2D eigenvalue weighted by Gasteiger charge is -2.26. The van der Waals surface area contributed by atoms with Crippen LogP contribution < -0.4 is 5.73 Å². The third-order valence-corrected chi connectivity index (χ3v) is 4.18. The van der Waals surface area contributed by atoms with Crippen molar-refractivity contribution in [1.29, 1.82) is 0 Å². The lowest BCUT2D eigenvalue weighted by atomic mass is 9.79. The standard InChI is InChI=1S/C17H19FN2.C2H6.CH2F2/c18-10-14-9-12(7-8-20-14)15-4-2-5-16-13(11-19)3-1-6-17(15)16;1-2;2-1-3/h2,4-5,7-9,13H,1,3,6,10-11,19H2;1-2H3;1H2. The van der Waals surface area contributed by atoms with E-state index in [2.05, 4.69) is 23.2 Å². The fourth-order valence-electron chi connectivity index (χ4n) is 3.18. The average molecular weight is 352 g/mol.